The van der Waals surface area contributed by atoms with Crippen LogP contribution in [0.15, 0.2) is 60.7 Å². The van der Waals surface area contributed by atoms with Gasteiger partial charge in [0.1, 0.15) is 17.1 Å². The van der Waals surface area contributed by atoms with E-state index in [1.54, 1.807) is 30.3 Å². The average Bonchev–Trinajstić information content (AvgIpc) is 2.89. The Morgan fingerprint density at radius 2 is 1.18 bits per heavy atom. The van der Waals surface area contributed by atoms with E-state index in [1.807, 2.05) is 24.3 Å². The first-order valence-electron chi connectivity index (χ1n) is 10.0. The van der Waals surface area contributed by atoms with Gasteiger partial charge in [0.05, 0.1) is 5.56 Å². The number of fused-ring (bicyclic) bond motifs is 2. The summed E-state index contributed by atoms with van der Waals surface area (Å²) in [6.07, 6.45) is 0.651. The van der Waals surface area contributed by atoms with Crippen molar-refractivity contribution >= 4 is 33.8 Å². The topological polar surface area (TPSA) is 156 Å². The summed E-state index contributed by atoms with van der Waals surface area (Å²) in [5, 5.41) is 54.7. The number of carbonyl (C=O) groups is 2. The van der Waals surface area contributed by atoms with E-state index < -0.39 is 5.97 Å². The van der Waals surface area contributed by atoms with E-state index >= 15 is 0 Å². The molecule has 0 aromatic heterocycles. The maximum Gasteiger partial charge on any atom is 0.339 e. The van der Waals surface area contributed by atoms with Crippen LogP contribution in [0.1, 0.15) is 31.8 Å². The quantitative estimate of drug-likeness (QED) is 0.249. The monoisotopic (exact) mass is 468 g/mol. The van der Waals surface area contributed by atoms with Crippen molar-refractivity contribution in [3.8, 4) is 11.5 Å². The molecule has 0 aliphatic carbocycles. The van der Waals surface area contributed by atoms with Crippen LogP contribution in [-0.2, 0) is 6.42 Å². The highest BCUT2D eigenvalue weighted by molar-refractivity contribution is 6.01. The van der Waals surface area contributed by atoms with Crippen molar-refractivity contribution in [1.82, 2.24) is 0 Å². The highest BCUT2D eigenvalue weighted by Crippen LogP contribution is 2.38. The number of aromatic hydroxyl groups is 2. The largest absolute Gasteiger partial charge is 0.507 e. The van der Waals surface area contributed by atoms with E-state index in [2.05, 4.69) is 0 Å². The number of hydrogen-bond donors (Lipinski definition) is 6. The standard InChI is InChI=1S/C23H16O5.3CH4O/c24-12-15-9-13-5-1-3-7-16(13)18(21(15)25)11-19-17-8-4-2-6-14(17)10-20(22(19)26)23(27)28;3*1-2/h1-10,12,25-26H,11H2,(H,27,28);3*2H,1H3. The van der Waals surface area contributed by atoms with Crippen molar-refractivity contribution in [1.29, 1.82) is 0 Å². The maximum atomic E-state index is 11.6. The molecule has 180 valence electrons. The molecule has 0 amide bonds. The molecule has 0 aliphatic heterocycles. The first kappa shape index (κ1) is 28.1. The van der Waals surface area contributed by atoms with Crippen LogP contribution in [0.2, 0.25) is 0 Å². The molecule has 34 heavy (non-hydrogen) atoms. The van der Waals surface area contributed by atoms with Gasteiger partial charge in [-0.05, 0) is 33.7 Å². The molecule has 8 nitrogen and oxygen atoms in total. The Balaban J connectivity index is 0.000000894. The lowest BCUT2D eigenvalue weighted by molar-refractivity contribution is 0.0693. The van der Waals surface area contributed by atoms with Crippen LogP contribution in [0, 0.1) is 0 Å². The average molecular weight is 469 g/mol. The first-order chi connectivity index (χ1) is 16.5. The first-order valence-corrected chi connectivity index (χ1v) is 10.0. The fourth-order valence-corrected chi connectivity index (χ4v) is 3.63. The van der Waals surface area contributed by atoms with Crippen molar-refractivity contribution in [2.45, 2.75) is 6.42 Å². The summed E-state index contributed by atoms with van der Waals surface area (Å²) in [6.45, 7) is 0. The highest BCUT2D eigenvalue weighted by Gasteiger charge is 2.20. The predicted octanol–water partition coefficient (Wildman–Crippen LogP) is 3.33. The van der Waals surface area contributed by atoms with Crippen molar-refractivity contribution < 1.29 is 40.2 Å². The molecule has 6 N–H and O–H groups in total. The molecule has 0 aliphatic rings. The van der Waals surface area contributed by atoms with E-state index in [1.165, 1.54) is 6.07 Å². The molecule has 4 aromatic rings. The Kier molecular flexibility index (Phi) is 11.2. The number of hydrogen-bond acceptors (Lipinski definition) is 7. The fourth-order valence-electron chi connectivity index (χ4n) is 3.63. The molecule has 0 radical (unpaired) electrons. The summed E-state index contributed by atoms with van der Waals surface area (Å²) >= 11 is 0. The molecule has 0 heterocycles. The lowest BCUT2D eigenvalue weighted by atomic mass is 9.90. The Bertz CT molecular complexity index is 1260. The van der Waals surface area contributed by atoms with Gasteiger partial charge in [0, 0.05) is 38.9 Å². The van der Waals surface area contributed by atoms with Crippen molar-refractivity contribution in [2.24, 2.45) is 0 Å². The van der Waals surface area contributed by atoms with Crippen LogP contribution in [0.5, 0.6) is 11.5 Å². The summed E-state index contributed by atoms with van der Waals surface area (Å²) in [4.78, 5) is 23.0. The molecule has 0 fully saturated rings. The van der Waals surface area contributed by atoms with Crippen LogP contribution in [0.4, 0.5) is 0 Å². The van der Waals surface area contributed by atoms with Gasteiger partial charge in [-0.1, -0.05) is 48.5 Å². The van der Waals surface area contributed by atoms with E-state index in [0.717, 1.165) is 32.1 Å². The third-order valence-corrected chi connectivity index (χ3v) is 4.99. The lowest BCUT2D eigenvalue weighted by Crippen LogP contribution is -2.02. The Labute approximate surface area is 196 Å². The zero-order chi connectivity index (χ0) is 25.8. The van der Waals surface area contributed by atoms with Gasteiger partial charge in [0.15, 0.2) is 6.29 Å². The minimum Gasteiger partial charge on any atom is -0.507 e. The van der Waals surface area contributed by atoms with Crippen molar-refractivity contribution in [3.05, 3.63) is 82.9 Å². The molecule has 0 saturated carbocycles. The Hall–Kier alpha value is -3.98. The van der Waals surface area contributed by atoms with Gasteiger partial charge in [-0.25, -0.2) is 4.79 Å². The SMILES string of the molecule is CO.CO.CO.O=Cc1cc2ccccc2c(Cc2c(O)c(C(=O)O)cc3ccccc23)c1O. The van der Waals surface area contributed by atoms with Crippen molar-refractivity contribution in [3.63, 3.8) is 0 Å². The zero-order valence-electron chi connectivity index (χ0n) is 19.1. The summed E-state index contributed by atoms with van der Waals surface area (Å²) in [5.41, 5.74) is 0.790. The van der Waals surface area contributed by atoms with E-state index in [9.17, 15) is 24.9 Å². The maximum absolute atomic E-state index is 11.6. The van der Waals surface area contributed by atoms with Gasteiger partial charge in [-0.3, -0.25) is 4.79 Å². The number of rotatable bonds is 4. The molecule has 0 saturated heterocycles. The van der Waals surface area contributed by atoms with Crippen LogP contribution < -0.4 is 0 Å². The minimum absolute atomic E-state index is 0.0709. The molecule has 0 atom stereocenters. The van der Waals surface area contributed by atoms with Crippen LogP contribution in [-0.4, -0.2) is 64.2 Å². The summed E-state index contributed by atoms with van der Waals surface area (Å²) < 4.78 is 0. The van der Waals surface area contributed by atoms with Crippen LogP contribution in [0.3, 0.4) is 0 Å². The second kappa shape index (κ2) is 13.5. The van der Waals surface area contributed by atoms with Gasteiger partial charge in [0.25, 0.3) is 0 Å². The number of phenols is 2. The molecule has 4 rings (SSSR count). The predicted molar refractivity (Wildman–Crippen MR) is 131 cm³/mol. The number of aliphatic hydroxyl groups excluding tert-OH is 3. The molecule has 0 spiro atoms. The Morgan fingerprint density at radius 1 is 0.735 bits per heavy atom. The van der Waals surface area contributed by atoms with E-state index in [-0.39, 0.29) is 29.0 Å². The Morgan fingerprint density at radius 3 is 1.65 bits per heavy atom. The van der Waals surface area contributed by atoms with Gasteiger partial charge in [-0.15, -0.1) is 0 Å². The number of aromatic carboxylic acids is 1. The van der Waals surface area contributed by atoms with Crippen LogP contribution >= 0.6 is 0 Å². The number of aldehydes is 1. The van der Waals surface area contributed by atoms with E-state index in [4.69, 9.17) is 15.3 Å². The summed E-state index contributed by atoms with van der Waals surface area (Å²) in [5.74, 6) is -1.75. The number of carboxylic acid groups (broad SMARTS) is 1. The summed E-state index contributed by atoms with van der Waals surface area (Å²) in [7, 11) is 3.00. The number of carboxylic acids is 1. The second-order valence-corrected chi connectivity index (χ2v) is 6.59. The molecule has 8 heteroatoms. The van der Waals surface area contributed by atoms with Crippen LogP contribution in [0.25, 0.3) is 21.5 Å². The second-order valence-electron chi connectivity index (χ2n) is 6.59. The molecule has 0 unspecified atom stereocenters. The fraction of sp³-hybridized carbons (Fsp3) is 0.154. The number of benzene rings is 4. The third kappa shape index (κ3) is 5.68. The lowest BCUT2D eigenvalue weighted by Gasteiger charge is -2.15. The van der Waals surface area contributed by atoms with E-state index in [0.29, 0.717) is 28.2 Å². The smallest absolute Gasteiger partial charge is 0.339 e. The molecule has 0 bridgehead atoms. The molecular weight excluding hydrogens is 440 g/mol. The minimum atomic E-state index is -1.24. The van der Waals surface area contributed by atoms with Crippen molar-refractivity contribution in [2.75, 3.05) is 21.3 Å². The molecule has 4 aromatic carbocycles. The summed E-state index contributed by atoms with van der Waals surface area (Å²) in [6, 6.07) is 17.5. The molecular formula is C26H28O8. The highest BCUT2D eigenvalue weighted by atomic mass is 16.4. The third-order valence-electron chi connectivity index (χ3n) is 4.99. The van der Waals surface area contributed by atoms with Gasteiger partial charge >= 0.3 is 5.97 Å². The number of phenolic OH excluding ortho intramolecular Hbond substituents is 1. The number of carbonyl (C=O) groups excluding carboxylic acids is 1. The normalized spacial score (nSPS) is 9.59. The zero-order valence-corrected chi connectivity index (χ0v) is 19.1. The van der Waals surface area contributed by atoms with Gasteiger partial charge < -0.3 is 30.6 Å². The van der Waals surface area contributed by atoms with Gasteiger partial charge in [-0.2, -0.15) is 0 Å². The number of aliphatic hydroxyl groups is 3. The van der Waals surface area contributed by atoms with Gasteiger partial charge in [0.2, 0.25) is 0 Å².